The summed E-state index contributed by atoms with van der Waals surface area (Å²) >= 11 is 3.12. The fraction of sp³-hybridized carbons (Fsp3) is 0.385. The Morgan fingerprint density at radius 3 is 3.00 bits per heavy atom. The molecule has 2 aromatic rings. The van der Waals surface area contributed by atoms with Gasteiger partial charge in [-0.1, -0.05) is 11.8 Å². The van der Waals surface area contributed by atoms with Crippen LogP contribution in [0.4, 0.5) is 5.69 Å². The van der Waals surface area contributed by atoms with E-state index in [1.165, 1.54) is 11.8 Å². The Morgan fingerprint density at radius 1 is 1.42 bits per heavy atom. The summed E-state index contributed by atoms with van der Waals surface area (Å²) in [7, 11) is 0. The van der Waals surface area contributed by atoms with Gasteiger partial charge in [-0.25, -0.2) is 4.98 Å². The van der Waals surface area contributed by atoms with E-state index in [4.69, 9.17) is 5.73 Å². The minimum Gasteiger partial charge on any atom is -0.399 e. The SMILES string of the molecule is Nc1ccc2nc(SCC(=O)N3CCCC3)sc2c1. The minimum atomic E-state index is 0.223. The van der Waals surface area contributed by atoms with Crippen molar-refractivity contribution in [2.24, 2.45) is 0 Å². The zero-order chi connectivity index (χ0) is 13.2. The molecular formula is C13H15N3OS2. The number of thioether (sulfide) groups is 1. The van der Waals surface area contributed by atoms with Gasteiger partial charge in [0.15, 0.2) is 4.34 Å². The normalized spacial score (nSPS) is 15.3. The largest absolute Gasteiger partial charge is 0.399 e. The Bertz CT molecular complexity index is 605. The van der Waals surface area contributed by atoms with Gasteiger partial charge in [0, 0.05) is 18.8 Å². The zero-order valence-corrected chi connectivity index (χ0v) is 12.1. The third-order valence-electron chi connectivity index (χ3n) is 3.17. The number of benzene rings is 1. The molecule has 19 heavy (non-hydrogen) atoms. The minimum absolute atomic E-state index is 0.223. The van der Waals surface area contributed by atoms with Crippen LogP contribution in [0.5, 0.6) is 0 Å². The Labute approximate surface area is 120 Å². The van der Waals surface area contributed by atoms with Crippen LogP contribution in [0.3, 0.4) is 0 Å². The van der Waals surface area contributed by atoms with Gasteiger partial charge < -0.3 is 10.6 Å². The van der Waals surface area contributed by atoms with Crippen molar-refractivity contribution in [1.29, 1.82) is 0 Å². The van der Waals surface area contributed by atoms with Crippen molar-refractivity contribution in [3.63, 3.8) is 0 Å². The van der Waals surface area contributed by atoms with Crippen molar-refractivity contribution in [2.75, 3.05) is 24.6 Å². The van der Waals surface area contributed by atoms with Crippen LogP contribution in [-0.2, 0) is 4.79 Å². The number of nitrogens with two attached hydrogens (primary N) is 1. The van der Waals surface area contributed by atoms with Gasteiger partial charge in [-0.2, -0.15) is 0 Å². The molecule has 4 nitrogen and oxygen atoms in total. The number of rotatable bonds is 3. The highest BCUT2D eigenvalue weighted by atomic mass is 32.2. The molecule has 2 heterocycles. The Hall–Kier alpha value is -1.27. The van der Waals surface area contributed by atoms with Crippen LogP contribution in [0.25, 0.3) is 10.2 Å². The highest BCUT2D eigenvalue weighted by Gasteiger charge is 2.18. The maximum atomic E-state index is 11.9. The summed E-state index contributed by atoms with van der Waals surface area (Å²) in [6, 6.07) is 5.71. The Kier molecular flexibility index (Phi) is 3.61. The van der Waals surface area contributed by atoms with Crippen molar-refractivity contribution in [3.8, 4) is 0 Å². The van der Waals surface area contributed by atoms with Crippen LogP contribution >= 0.6 is 23.1 Å². The van der Waals surface area contributed by atoms with Crippen molar-refractivity contribution in [3.05, 3.63) is 18.2 Å². The molecule has 0 saturated carbocycles. The summed E-state index contributed by atoms with van der Waals surface area (Å²) < 4.78 is 2.02. The topological polar surface area (TPSA) is 59.2 Å². The van der Waals surface area contributed by atoms with Crippen molar-refractivity contribution < 1.29 is 4.79 Å². The lowest BCUT2D eigenvalue weighted by atomic mass is 10.3. The maximum absolute atomic E-state index is 11.9. The standard InChI is InChI=1S/C13H15N3OS2/c14-9-3-4-10-11(7-9)19-13(15-10)18-8-12(17)16-5-1-2-6-16/h3-4,7H,1-2,5-6,8,14H2. The summed E-state index contributed by atoms with van der Waals surface area (Å²) in [6.45, 7) is 1.82. The number of anilines is 1. The van der Waals surface area contributed by atoms with Crippen LogP contribution in [0.1, 0.15) is 12.8 Å². The highest BCUT2D eigenvalue weighted by Crippen LogP contribution is 2.30. The zero-order valence-electron chi connectivity index (χ0n) is 10.5. The van der Waals surface area contributed by atoms with Gasteiger partial charge in [-0.15, -0.1) is 11.3 Å². The number of nitrogen functional groups attached to an aromatic ring is 1. The lowest BCUT2D eigenvalue weighted by Gasteiger charge is -2.13. The molecule has 1 aromatic heterocycles. The van der Waals surface area contributed by atoms with Crippen LogP contribution in [0, 0.1) is 0 Å². The van der Waals surface area contributed by atoms with Crippen LogP contribution in [0.15, 0.2) is 22.5 Å². The first kappa shape index (κ1) is 12.7. The Balaban J connectivity index is 1.66. The average molecular weight is 293 g/mol. The number of thiazole rings is 1. The van der Waals surface area contributed by atoms with Crippen molar-refractivity contribution in [1.82, 2.24) is 9.88 Å². The first-order chi connectivity index (χ1) is 9.22. The van der Waals surface area contributed by atoms with E-state index in [0.717, 1.165) is 46.2 Å². The van der Waals surface area contributed by atoms with E-state index < -0.39 is 0 Å². The van der Waals surface area contributed by atoms with Gasteiger partial charge in [0.1, 0.15) is 0 Å². The number of likely N-dealkylation sites (tertiary alicyclic amines) is 1. The van der Waals surface area contributed by atoms with E-state index in [-0.39, 0.29) is 5.91 Å². The second-order valence-electron chi connectivity index (χ2n) is 4.58. The number of nitrogens with zero attached hydrogens (tertiary/aromatic N) is 2. The summed E-state index contributed by atoms with van der Waals surface area (Å²) in [5, 5.41) is 0. The number of hydrogen-bond acceptors (Lipinski definition) is 5. The fourth-order valence-corrected chi connectivity index (χ4v) is 4.18. The summed E-state index contributed by atoms with van der Waals surface area (Å²) in [5.74, 6) is 0.705. The van der Waals surface area contributed by atoms with E-state index >= 15 is 0 Å². The lowest BCUT2D eigenvalue weighted by Crippen LogP contribution is -2.29. The van der Waals surface area contributed by atoms with E-state index in [0.29, 0.717) is 5.75 Å². The third kappa shape index (κ3) is 2.84. The van der Waals surface area contributed by atoms with Gasteiger partial charge in [0.25, 0.3) is 0 Å². The first-order valence-corrected chi connectivity index (χ1v) is 8.09. The molecule has 100 valence electrons. The molecule has 2 N–H and O–H groups in total. The average Bonchev–Trinajstić information content (AvgIpc) is 3.04. The van der Waals surface area contributed by atoms with E-state index in [9.17, 15) is 4.79 Å². The summed E-state index contributed by atoms with van der Waals surface area (Å²) in [4.78, 5) is 18.4. The van der Waals surface area contributed by atoms with E-state index in [1.807, 2.05) is 23.1 Å². The molecule has 1 amide bonds. The molecule has 1 saturated heterocycles. The lowest BCUT2D eigenvalue weighted by molar-refractivity contribution is -0.127. The molecule has 0 unspecified atom stereocenters. The predicted octanol–water partition coefficient (Wildman–Crippen LogP) is 2.59. The molecule has 6 heteroatoms. The molecule has 0 radical (unpaired) electrons. The number of hydrogen-bond donors (Lipinski definition) is 1. The van der Waals surface area contributed by atoms with Gasteiger partial charge in [0.05, 0.1) is 16.0 Å². The molecule has 0 atom stereocenters. The van der Waals surface area contributed by atoms with Gasteiger partial charge in [-0.05, 0) is 31.0 Å². The maximum Gasteiger partial charge on any atom is 0.233 e. The molecule has 1 aliphatic rings. The van der Waals surface area contributed by atoms with Gasteiger partial charge in [-0.3, -0.25) is 4.79 Å². The number of amides is 1. The molecular weight excluding hydrogens is 278 g/mol. The molecule has 0 spiro atoms. The smallest absolute Gasteiger partial charge is 0.233 e. The monoisotopic (exact) mass is 293 g/mol. The van der Waals surface area contributed by atoms with Crippen LogP contribution in [0.2, 0.25) is 0 Å². The number of aromatic nitrogens is 1. The van der Waals surface area contributed by atoms with Crippen molar-refractivity contribution >= 4 is 44.9 Å². The predicted molar refractivity (Wildman–Crippen MR) is 80.6 cm³/mol. The second kappa shape index (κ2) is 5.38. The molecule has 0 aliphatic carbocycles. The highest BCUT2D eigenvalue weighted by molar-refractivity contribution is 8.01. The molecule has 1 aromatic carbocycles. The first-order valence-electron chi connectivity index (χ1n) is 6.29. The van der Waals surface area contributed by atoms with Crippen molar-refractivity contribution in [2.45, 2.75) is 17.2 Å². The van der Waals surface area contributed by atoms with Gasteiger partial charge >= 0.3 is 0 Å². The van der Waals surface area contributed by atoms with E-state index in [2.05, 4.69) is 4.98 Å². The second-order valence-corrected chi connectivity index (χ2v) is 6.84. The number of fused-ring (bicyclic) bond motifs is 1. The quantitative estimate of drug-likeness (QED) is 0.698. The number of carbonyl (C=O) groups excluding carboxylic acids is 1. The fourth-order valence-electron chi connectivity index (χ4n) is 2.16. The molecule has 1 aliphatic heterocycles. The van der Waals surface area contributed by atoms with Crippen LogP contribution < -0.4 is 5.73 Å². The molecule has 0 bridgehead atoms. The van der Waals surface area contributed by atoms with Gasteiger partial charge in [0.2, 0.25) is 5.91 Å². The summed E-state index contributed by atoms with van der Waals surface area (Å²) in [5.41, 5.74) is 7.45. The number of carbonyl (C=O) groups is 1. The Morgan fingerprint density at radius 2 is 2.21 bits per heavy atom. The summed E-state index contributed by atoms with van der Waals surface area (Å²) in [6.07, 6.45) is 2.27. The molecule has 3 rings (SSSR count). The third-order valence-corrected chi connectivity index (χ3v) is 5.32. The van der Waals surface area contributed by atoms with E-state index in [1.54, 1.807) is 11.3 Å². The molecule has 1 fully saturated rings. The van der Waals surface area contributed by atoms with Crippen LogP contribution in [-0.4, -0.2) is 34.6 Å².